The first-order valence-electron chi connectivity index (χ1n) is 15.0. The minimum Gasteiger partial charge on any atom is -0.481 e. The monoisotopic (exact) mass is 613 g/mol. The molecule has 2 aliphatic rings. The Bertz CT molecular complexity index is 1320. The second kappa shape index (κ2) is 15.5. The van der Waals surface area contributed by atoms with Crippen LogP contribution < -0.4 is 10.2 Å². The van der Waals surface area contributed by atoms with Crippen molar-refractivity contribution in [3.05, 3.63) is 47.9 Å². The number of halogens is 1. The molecule has 0 bridgehead atoms. The molecule has 0 aliphatic carbocycles. The zero-order valence-corrected chi connectivity index (χ0v) is 25.2. The number of nitrogens with zero attached hydrogens (tertiary/aromatic N) is 4. The molecular weight excluding hydrogens is 573 g/mol. The first kappa shape index (κ1) is 32.6. The number of pyridine rings is 1. The number of hydrogen-bond donors (Lipinski definition) is 2. The molecule has 3 heterocycles. The highest BCUT2D eigenvalue weighted by Crippen LogP contribution is 2.32. The zero-order valence-electron chi connectivity index (χ0n) is 25.2. The molecule has 2 atom stereocenters. The second-order valence-corrected chi connectivity index (χ2v) is 10.9. The van der Waals surface area contributed by atoms with Crippen molar-refractivity contribution in [1.29, 1.82) is 0 Å². The summed E-state index contributed by atoms with van der Waals surface area (Å²) in [6.45, 7) is 4.18. The van der Waals surface area contributed by atoms with E-state index in [1.807, 2.05) is 6.92 Å². The fourth-order valence-electron chi connectivity index (χ4n) is 5.27. The molecule has 1 aromatic heterocycles. The quantitative estimate of drug-likeness (QED) is 0.345. The molecule has 1 aromatic carbocycles. The Morgan fingerprint density at radius 2 is 1.80 bits per heavy atom. The van der Waals surface area contributed by atoms with Gasteiger partial charge in [0.15, 0.2) is 5.82 Å². The average molecular weight is 614 g/mol. The van der Waals surface area contributed by atoms with Gasteiger partial charge in [-0.3, -0.25) is 14.4 Å². The maximum Gasteiger partial charge on any atom is 0.409 e. The number of nitrogens with one attached hydrogen (secondary N) is 1. The minimum absolute atomic E-state index is 0.00975. The Labute approximate surface area is 256 Å². The summed E-state index contributed by atoms with van der Waals surface area (Å²) in [7, 11) is 1.60. The van der Waals surface area contributed by atoms with Crippen molar-refractivity contribution >= 4 is 29.6 Å². The summed E-state index contributed by atoms with van der Waals surface area (Å²) in [5, 5.41) is 12.0. The Balaban J connectivity index is 1.54. The van der Waals surface area contributed by atoms with Crippen molar-refractivity contribution in [2.45, 2.75) is 51.2 Å². The number of ether oxygens (including phenoxy) is 2. The molecule has 2 aliphatic heterocycles. The third-order valence-electron chi connectivity index (χ3n) is 7.86. The molecule has 0 unspecified atom stereocenters. The van der Waals surface area contributed by atoms with Gasteiger partial charge in [-0.2, -0.15) is 0 Å². The van der Waals surface area contributed by atoms with Crippen molar-refractivity contribution in [3.63, 3.8) is 0 Å². The maximum atomic E-state index is 15.9. The van der Waals surface area contributed by atoms with Crippen molar-refractivity contribution in [2.24, 2.45) is 0 Å². The molecule has 4 rings (SSSR count). The molecule has 0 spiro atoms. The lowest BCUT2D eigenvalue weighted by molar-refractivity contribution is -0.138. The third kappa shape index (κ3) is 8.22. The number of methoxy groups -OCH3 is 1. The molecule has 2 aromatic rings. The molecule has 2 N–H and O–H groups in total. The number of aliphatic carboxylic acids is 1. The number of carbonyl (C=O) groups is 4. The lowest BCUT2D eigenvalue weighted by Gasteiger charge is -2.36. The Kier molecular flexibility index (Phi) is 11.5. The van der Waals surface area contributed by atoms with Gasteiger partial charge in [-0.15, -0.1) is 0 Å². The SMILES string of the molecule is CCCCOC(=O)N1CCN(C(=O)[C@H](CCC(=O)O)NC(=O)c2cc(N3CC[C@H](OC)C3)c(F)c(-c3ccccc3)n2)CC1. The van der Waals surface area contributed by atoms with Gasteiger partial charge in [0.05, 0.1) is 18.4 Å². The lowest BCUT2D eigenvalue weighted by atomic mass is 10.1. The molecule has 12 nitrogen and oxygen atoms in total. The number of rotatable bonds is 12. The van der Waals surface area contributed by atoms with E-state index in [-0.39, 0.29) is 62.2 Å². The van der Waals surface area contributed by atoms with Crippen LogP contribution in [0.25, 0.3) is 11.3 Å². The summed E-state index contributed by atoms with van der Waals surface area (Å²) in [5.74, 6) is -2.89. The number of hydrogen-bond acceptors (Lipinski definition) is 8. The summed E-state index contributed by atoms with van der Waals surface area (Å²) in [6.07, 6.45) is 1.31. The van der Waals surface area contributed by atoms with Crippen molar-refractivity contribution in [1.82, 2.24) is 20.1 Å². The largest absolute Gasteiger partial charge is 0.481 e. The number of anilines is 1. The molecule has 44 heavy (non-hydrogen) atoms. The van der Waals surface area contributed by atoms with Crippen molar-refractivity contribution < 1.29 is 38.1 Å². The molecule has 2 saturated heterocycles. The highest BCUT2D eigenvalue weighted by Gasteiger charge is 2.32. The minimum atomic E-state index is -1.17. The highest BCUT2D eigenvalue weighted by atomic mass is 19.1. The predicted molar refractivity (Wildman–Crippen MR) is 160 cm³/mol. The van der Waals surface area contributed by atoms with E-state index in [1.54, 1.807) is 42.3 Å². The molecule has 2 fully saturated rings. The maximum absolute atomic E-state index is 15.9. The lowest BCUT2D eigenvalue weighted by Crippen LogP contribution is -2.56. The van der Waals surface area contributed by atoms with Crippen LogP contribution in [0.15, 0.2) is 36.4 Å². The Morgan fingerprint density at radius 1 is 1.09 bits per heavy atom. The standard InChI is InChI=1S/C31H40FN5O7/c1-3-4-18-44-31(42)36-16-14-35(15-17-36)30(41)23(10-11-26(38)39)34-29(40)24-19-25(37-13-12-22(20-37)43-2)27(32)28(33-24)21-8-6-5-7-9-21/h5-9,19,22-23H,3-4,10-18,20H2,1-2H3,(H,34,40)(H,38,39)/t22-,23-/m0/s1. The van der Waals surface area contributed by atoms with E-state index in [0.29, 0.717) is 31.7 Å². The van der Waals surface area contributed by atoms with E-state index in [4.69, 9.17) is 9.47 Å². The van der Waals surface area contributed by atoms with Crippen LogP contribution in [-0.4, -0.2) is 109 Å². The van der Waals surface area contributed by atoms with Crippen LogP contribution in [0.5, 0.6) is 0 Å². The Hall–Kier alpha value is -4.26. The van der Waals surface area contributed by atoms with E-state index in [0.717, 1.165) is 12.8 Å². The number of carboxylic acid groups (broad SMARTS) is 1. The molecule has 13 heteroatoms. The molecule has 0 saturated carbocycles. The van der Waals surface area contributed by atoms with Crippen LogP contribution in [0.4, 0.5) is 14.9 Å². The number of aromatic nitrogens is 1. The van der Waals surface area contributed by atoms with Crippen LogP contribution in [0, 0.1) is 5.82 Å². The molecule has 238 valence electrons. The van der Waals surface area contributed by atoms with Gasteiger partial charge < -0.3 is 34.6 Å². The van der Waals surface area contributed by atoms with Crippen molar-refractivity contribution in [2.75, 3.05) is 57.9 Å². The Morgan fingerprint density at radius 3 is 2.43 bits per heavy atom. The van der Waals surface area contributed by atoms with Gasteiger partial charge in [-0.05, 0) is 25.3 Å². The van der Waals surface area contributed by atoms with E-state index >= 15 is 4.39 Å². The summed E-state index contributed by atoms with van der Waals surface area (Å²) < 4.78 is 26.6. The van der Waals surface area contributed by atoms with Gasteiger partial charge in [-0.25, -0.2) is 14.2 Å². The van der Waals surface area contributed by atoms with Crippen LogP contribution in [-0.2, 0) is 19.1 Å². The second-order valence-electron chi connectivity index (χ2n) is 10.9. The summed E-state index contributed by atoms with van der Waals surface area (Å²) >= 11 is 0. The van der Waals surface area contributed by atoms with Crippen LogP contribution in [0.1, 0.15) is 49.5 Å². The van der Waals surface area contributed by atoms with Gasteiger partial charge in [0.25, 0.3) is 5.91 Å². The predicted octanol–water partition coefficient (Wildman–Crippen LogP) is 3.16. The molecule has 3 amide bonds. The summed E-state index contributed by atoms with van der Waals surface area (Å²) in [5.41, 5.74) is 0.560. The van der Waals surface area contributed by atoms with Crippen LogP contribution in [0.3, 0.4) is 0 Å². The van der Waals surface area contributed by atoms with Gasteiger partial charge in [0.1, 0.15) is 17.4 Å². The zero-order chi connectivity index (χ0) is 31.6. The fourth-order valence-corrected chi connectivity index (χ4v) is 5.27. The number of piperazine rings is 1. The van der Waals surface area contributed by atoms with Gasteiger partial charge in [0, 0.05) is 58.4 Å². The first-order valence-corrected chi connectivity index (χ1v) is 15.0. The smallest absolute Gasteiger partial charge is 0.409 e. The van der Waals surface area contributed by atoms with E-state index in [2.05, 4.69) is 10.3 Å². The van der Waals surface area contributed by atoms with E-state index in [9.17, 15) is 24.3 Å². The topological polar surface area (TPSA) is 142 Å². The fraction of sp³-hybridized carbons (Fsp3) is 0.516. The summed E-state index contributed by atoms with van der Waals surface area (Å²) in [4.78, 5) is 60.0. The summed E-state index contributed by atoms with van der Waals surface area (Å²) in [6, 6.07) is 8.85. The average Bonchev–Trinajstić information content (AvgIpc) is 3.52. The van der Waals surface area contributed by atoms with Gasteiger partial charge in [0.2, 0.25) is 5.91 Å². The third-order valence-corrected chi connectivity index (χ3v) is 7.86. The highest BCUT2D eigenvalue weighted by molar-refractivity contribution is 5.97. The first-order chi connectivity index (χ1) is 21.2. The van der Waals surface area contributed by atoms with Crippen molar-refractivity contribution in [3.8, 4) is 11.3 Å². The van der Waals surface area contributed by atoms with Crippen LogP contribution >= 0.6 is 0 Å². The molecule has 0 radical (unpaired) electrons. The van der Waals surface area contributed by atoms with Crippen LogP contribution in [0.2, 0.25) is 0 Å². The van der Waals surface area contributed by atoms with Gasteiger partial charge in [-0.1, -0.05) is 43.7 Å². The number of benzene rings is 1. The van der Waals surface area contributed by atoms with Gasteiger partial charge >= 0.3 is 12.1 Å². The number of unbranched alkanes of at least 4 members (excludes halogenated alkanes) is 1. The number of amides is 3. The number of carbonyl (C=O) groups excluding carboxylic acids is 3. The van der Waals surface area contributed by atoms with E-state index < -0.39 is 35.7 Å². The normalized spacial score (nSPS) is 17.3. The molecular formula is C31H40FN5O7. The van der Waals surface area contributed by atoms with E-state index in [1.165, 1.54) is 15.9 Å². The number of carboxylic acids is 1.